The molecule has 0 amide bonds. The molecule has 0 saturated carbocycles. The summed E-state index contributed by atoms with van der Waals surface area (Å²) >= 11 is 0. The number of aromatic nitrogens is 2. The number of aliphatic imine (C=N–C) groups is 1. The Bertz CT molecular complexity index is 1360. The van der Waals surface area contributed by atoms with E-state index in [1.807, 2.05) is 91.2 Å². The highest BCUT2D eigenvalue weighted by molar-refractivity contribution is 6.19. The van der Waals surface area contributed by atoms with Crippen LogP contribution in [0.3, 0.4) is 0 Å². The Morgan fingerprint density at radius 2 is 1.57 bits per heavy atom. The van der Waals surface area contributed by atoms with Gasteiger partial charge in [-0.25, -0.2) is 9.98 Å². The van der Waals surface area contributed by atoms with Crippen LogP contribution in [0, 0.1) is 25.2 Å². The highest BCUT2D eigenvalue weighted by atomic mass is 15.2. The van der Waals surface area contributed by atoms with Gasteiger partial charge in [0.15, 0.2) is 11.7 Å². The molecule has 0 aliphatic carbocycles. The molecule has 30 heavy (non-hydrogen) atoms. The van der Waals surface area contributed by atoms with Gasteiger partial charge in [-0.05, 0) is 50.2 Å². The van der Waals surface area contributed by atoms with Crippen molar-refractivity contribution in [3.63, 3.8) is 0 Å². The average molecular weight is 389 g/mol. The minimum atomic E-state index is 0.484. The molecule has 2 heterocycles. The van der Waals surface area contributed by atoms with E-state index in [0.717, 1.165) is 22.4 Å². The van der Waals surface area contributed by atoms with Crippen molar-refractivity contribution in [1.29, 1.82) is 5.26 Å². The van der Waals surface area contributed by atoms with Gasteiger partial charge in [-0.1, -0.05) is 47.5 Å². The number of allylic oxidation sites excluding steroid dienone is 2. The maximum absolute atomic E-state index is 9.99. The van der Waals surface area contributed by atoms with Crippen LogP contribution in [-0.2, 0) is 0 Å². The molecule has 4 aromatic rings. The summed E-state index contributed by atoms with van der Waals surface area (Å²) in [6.45, 7) is 4.09. The number of hydrogen-bond donors (Lipinski definition) is 1. The van der Waals surface area contributed by atoms with Crippen LogP contribution in [0.5, 0.6) is 0 Å². The third-order valence-electron chi connectivity index (χ3n) is 5.17. The first-order valence-corrected chi connectivity index (χ1v) is 9.76. The van der Waals surface area contributed by atoms with Crippen molar-refractivity contribution >= 4 is 33.8 Å². The lowest BCUT2D eigenvalue weighted by atomic mass is 10.2. The molecule has 1 aromatic heterocycles. The Balaban J connectivity index is 1.73. The fourth-order valence-electron chi connectivity index (χ4n) is 3.60. The van der Waals surface area contributed by atoms with E-state index in [-0.39, 0.29) is 0 Å². The lowest BCUT2D eigenvalue weighted by molar-refractivity contribution is 1.14. The third-order valence-corrected chi connectivity index (χ3v) is 5.17. The number of fused-ring (bicyclic) bond motifs is 3. The first-order valence-electron chi connectivity index (χ1n) is 9.76. The van der Waals surface area contributed by atoms with Crippen LogP contribution in [0.25, 0.3) is 16.6 Å². The lowest BCUT2D eigenvalue weighted by Gasteiger charge is -2.12. The van der Waals surface area contributed by atoms with E-state index in [9.17, 15) is 5.26 Å². The summed E-state index contributed by atoms with van der Waals surface area (Å²) < 4.78 is 1.96. The van der Waals surface area contributed by atoms with Crippen LogP contribution in [0.15, 0.2) is 83.5 Å². The Morgan fingerprint density at radius 3 is 2.27 bits per heavy atom. The smallest absolute Gasteiger partial charge is 0.164 e. The van der Waals surface area contributed by atoms with Gasteiger partial charge in [0.05, 0.1) is 16.7 Å². The highest BCUT2D eigenvalue weighted by Gasteiger charge is 2.32. The molecular formula is C25H19N5. The summed E-state index contributed by atoms with van der Waals surface area (Å²) in [6, 6.07) is 26.3. The number of anilines is 1. The van der Waals surface area contributed by atoms with E-state index in [2.05, 4.69) is 11.4 Å². The Kier molecular flexibility index (Phi) is 4.19. The number of nitriles is 1. The number of nitrogens with zero attached hydrogens (tertiary/aromatic N) is 4. The van der Waals surface area contributed by atoms with E-state index in [1.54, 1.807) is 0 Å². The average Bonchev–Trinajstić information content (AvgIpc) is 3.26. The number of imidazole rings is 1. The van der Waals surface area contributed by atoms with Gasteiger partial charge in [0.2, 0.25) is 0 Å². The highest BCUT2D eigenvalue weighted by Crippen LogP contribution is 2.33. The van der Waals surface area contributed by atoms with Crippen molar-refractivity contribution in [2.24, 2.45) is 4.99 Å². The van der Waals surface area contributed by atoms with Crippen molar-refractivity contribution in [3.05, 3.63) is 95.4 Å². The molecule has 1 aliphatic rings. The van der Waals surface area contributed by atoms with Gasteiger partial charge in [0, 0.05) is 5.69 Å². The van der Waals surface area contributed by atoms with Crippen LogP contribution in [0.4, 0.5) is 11.4 Å². The molecule has 0 fully saturated rings. The predicted molar refractivity (Wildman–Crippen MR) is 121 cm³/mol. The topological polar surface area (TPSA) is 66.0 Å². The van der Waals surface area contributed by atoms with Gasteiger partial charge in [-0.15, -0.1) is 0 Å². The summed E-state index contributed by atoms with van der Waals surface area (Å²) in [5.74, 6) is 1.28. The van der Waals surface area contributed by atoms with E-state index in [4.69, 9.17) is 9.98 Å². The van der Waals surface area contributed by atoms with Crippen molar-refractivity contribution in [2.45, 2.75) is 13.8 Å². The van der Waals surface area contributed by atoms with Crippen molar-refractivity contribution in [1.82, 2.24) is 9.55 Å². The quantitative estimate of drug-likeness (QED) is 0.496. The fraction of sp³-hybridized carbons (Fsp3) is 0.0800. The largest absolute Gasteiger partial charge is 0.351 e. The molecule has 0 spiro atoms. The molecule has 0 radical (unpaired) electrons. The van der Waals surface area contributed by atoms with E-state index >= 15 is 0 Å². The van der Waals surface area contributed by atoms with Crippen LogP contribution < -0.4 is 5.32 Å². The predicted octanol–water partition coefficient (Wildman–Crippen LogP) is 5.59. The monoisotopic (exact) mass is 389 g/mol. The molecule has 0 unspecified atom stereocenters. The van der Waals surface area contributed by atoms with Crippen molar-refractivity contribution in [3.8, 4) is 6.07 Å². The fourth-order valence-corrected chi connectivity index (χ4v) is 3.60. The van der Waals surface area contributed by atoms with Gasteiger partial charge in [-0.2, -0.15) is 5.26 Å². The Labute approximate surface area is 174 Å². The normalized spacial score (nSPS) is 14.2. The molecule has 0 saturated heterocycles. The minimum absolute atomic E-state index is 0.484. The summed E-state index contributed by atoms with van der Waals surface area (Å²) in [7, 11) is 0. The van der Waals surface area contributed by atoms with Gasteiger partial charge < -0.3 is 5.32 Å². The minimum Gasteiger partial charge on any atom is -0.351 e. The van der Waals surface area contributed by atoms with Gasteiger partial charge in [-0.3, -0.25) is 4.57 Å². The number of nitrogens with one attached hydrogen (secondary N) is 1. The third kappa shape index (κ3) is 2.96. The van der Waals surface area contributed by atoms with Crippen molar-refractivity contribution in [2.75, 3.05) is 5.32 Å². The van der Waals surface area contributed by atoms with Crippen LogP contribution in [0.1, 0.15) is 17.0 Å². The van der Waals surface area contributed by atoms with Crippen LogP contribution in [0.2, 0.25) is 0 Å². The first kappa shape index (κ1) is 17.9. The molecule has 0 atom stereocenters. The second-order valence-corrected chi connectivity index (χ2v) is 7.38. The number of hydrogen-bond acceptors (Lipinski definition) is 4. The molecule has 1 N–H and O–H groups in total. The molecule has 1 aliphatic heterocycles. The molecule has 3 aromatic carbocycles. The second-order valence-electron chi connectivity index (χ2n) is 7.38. The first-order chi connectivity index (χ1) is 14.6. The van der Waals surface area contributed by atoms with Gasteiger partial charge >= 0.3 is 0 Å². The zero-order chi connectivity index (χ0) is 20.7. The second kappa shape index (κ2) is 7.02. The lowest BCUT2D eigenvalue weighted by Crippen LogP contribution is -2.15. The summed E-state index contributed by atoms with van der Waals surface area (Å²) in [5, 5.41) is 13.4. The van der Waals surface area contributed by atoms with E-state index in [0.29, 0.717) is 22.9 Å². The molecule has 5 heteroatoms. The van der Waals surface area contributed by atoms with E-state index in [1.165, 1.54) is 11.1 Å². The summed E-state index contributed by atoms with van der Waals surface area (Å²) in [6.07, 6.45) is 0. The maximum Gasteiger partial charge on any atom is 0.164 e. The Hall–Kier alpha value is -4.17. The molecule has 0 bridgehead atoms. The molecule has 5 rings (SSSR count). The van der Waals surface area contributed by atoms with Gasteiger partial charge in [0.1, 0.15) is 17.3 Å². The maximum atomic E-state index is 9.99. The molecular weight excluding hydrogens is 370 g/mol. The van der Waals surface area contributed by atoms with E-state index < -0.39 is 0 Å². The van der Waals surface area contributed by atoms with Crippen LogP contribution in [-0.4, -0.2) is 15.4 Å². The number of para-hydroxylation sites is 2. The Morgan fingerprint density at radius 1 is 0.900 bits per heavy atom. The molecule has 5 nitrogen and oxygen atoms in total. The number of rotatable bonds is 3. The summed E-state index contributed by atoms with van der Waals surface area (Å²) in [4.78, 5) is 9.64. The van der Waals surface area contributed by atoms with Gasteiger partial charge in [0.25, 0.3) is 0 Å². The molecule has 144 valence electrons. The zero-order valence-electron chi connectivity index (χ0n) is 16.7. The SMILES string of the molecule is Cc1ccc(N=C2C(Nc3ccc(C)cc3)=C(C#N)c3nc4ccccc4n32)cc1. The van der Waals surface area contributed by atoms with Crippen molar-refractivity contribution < 1.29 is 0 Å². The zero-order valence-corrected chi connectivity index (χ0v) is 16.7. The number of benzene rings is 3. The van der Waals surface area contributed by atoms with Crippen LogP contribution >= 0.6 is 0 Å². The standard InChI is InChI=1S/C25H19N5/c1-16-7-11-18(12-8-16)27-23-20(15-26)24-29-21-5-3-4-6-22(21)30(24)25(23)28-19-13-9-17(2)10-14-19/h3-14,27H,1-2H3. The summed E-state index contributed by atoms with van der Waals surface area (Å²) in [5.41, 5.74) is 6.97. The number of aryl methyl sites for hydroxylation is 2.